The second-order valence-electron chi connectivity index (χ2n) is 5.41. The topological polar surface area (TPSA) is 67.0 Å². The van der Waals surface area contributed by atoms with Crippen LogP contribution in [-0.2, 0) is 17.6 Å². The van der Waals surface area contributed by atoms with Crippen LogP contribution in [0.2, 0.25) is 10.0 Å². The van der Waals surface area contributed by atoms with Gasteiger partial charge in [-0.05, 0) is 24.1 Å². The van der Waals surface area contributed by atoms with Gasteiger partial charge in [0.1, 0.15) is 0 Å². The van der Waals surface area contributed by atoms with Crippen LogP contribution in [0, 0.1) is 0 Å². The summed E-state index contributed by atoms with van der Waals surface area (Å²) in [5.74, 6) is -0.503. The molecule has 2 N–H and O–H groups in total. The average molecular weight is 392 g/mol. The number of hydrogen-bond acceptors (Lipinski definition) is 3. The summed E-state index contributed by atoms with van der Waals surface area (Å²) in [5.41, 5.74) is 0.894. The smallest absolute Gasteiger partial charge is 0.255 e. The molecule has 0 bridgehead atoms. The van der Waals surface area contributed by atoms with Gasteiger partial charge in [0.25, 0.3) is 5.91 Å². The van der Waals surface area contributed by atoms with E-state index >= 15 is 0 Å². The third-order valence-corrected chi connectivity index (χ3v) is 4.08. The lowest BCUT2D eigenvalue weighted by molar-refractivity contribution is 0.0894. The highest BCUT2D eigenvalue weighted by molar-refractivity contribution is 6.35. The Morgan fingerprint density at radius 3 is 2.76 bits per heavy atom. The second-order valence-corrected chi connectivity index (χ2v) is 6.25. The number of hydrogen-bond donors (Lipinski definition) is 2. The van der Waals surface area contributed by atoms with E-state index in [1.807, 2.05) is 0 Å². The van der Waals surface area contributed by atoms with Gasteiger partial charge in [-0.3, -0.25) is 9.89 Å². The maximum absolute atomic E-state index is 12.6. The average Bonchev–Trinajstić information content (AvgIpc) is 2.97. The number of carbonyl (C=O) groups excluding carboxylic acids is 1. The zero-order valence-electron chi connectivity index (χ0n) is 13.4. The van der Waals surface area contributed by atoms with Crippen LogP contribution in [-0.4, -0.2) is 42.3 Å². The van der Waals surface area contributed by atoms with E-state index < -0.39 is 24.8 Å². The fraction of sp³-hybridized carbons (Fsp3) is 0.375. The molecule has 0 saturated heterocycles. The van der Waals surface area contributed by atoms with Crippen molar-refractivity contribution in [1.82, 2.24) is 15.5 Å². The first kappa shape index (κ1) is 19.6. The van der Waals surface area contributed by atoms with Gasteiger partial charge in [-0.25, -0.2) is 8.78 Å². The molecule has 2 rings (SSSR count). The number of alkyl halides is 2. The number of nitrogens with zero attached hydrogens (tertiary/aromatic N) is 1. The number of amides is 1. The van der Waals surface area contributed by atoms with Gasteiger partial charge in [0, 0.05) is 23.4 Å². The molecule has 0 aliphatic carbocycles. The van der Waals surface area contributed by atoms with Crippen molar-refractivity contribution in [3.63, 3.8) is 0 Å². The van der Waals surface area contributed by atoms with Crippen molar-refractivity contribution in [3.8, 4) is 0 Å². The van der Waals surface area contributed by atoms with Gasteiger partial charge in [0.05, 0.1) is 30.3 Å². The van der Waals surface area contributed by atoms with Crippen molar-refractivity contribution in [2.75, 3.05) is 13.7 Å². The van der Waals surface area contributed by atoms with Crippen LogP contribution in [0.4, 0.5) is 8.78 Å². The molecule has 9 heteroatoms. The van der Waals surface area contributed by atoms with E-state index in [1.54, 1.807) is 18.2 Å². The van der Waals surface area contributed by atoms with Gasteiger partial charge in [-0.15, -0.1) is 0 Å². The number of rotatable bonds is 8. The standard InChI is InChI=1S/C16H17Cl2F2N3O2/c1-25-8-11(4-9-2-3-10(17)5-13(9)18)22-16(24)12-7-21-23-14(12)6-15(19)20/h2-3,5,7,11,15H,4,6,8H2,1H3,(H,21,23)(H,22,24). The molecule has 0 saturated carbocycles. The van der Waals surface area contributed by atoms with Crippen molar-refractivity contribution >= 4 is 29.1 Å². The number of aromatic nitrogens is 2. The van der Waals surface area contributed by atoms with E-state index in [0.717, 1.165) is 5.56 Å². The van der Waals surface area contributed by atoms with Gasteiger partial charge in [0.15, 0.2) is 0 Å². The van der Waals surface area contributed by atoms with Gasteiger partial charge in [0.2, 0.25) is 6.43 Å². The number of carbonyl (C=O) groups is 1. The molecule has 5 nitrogen and oxygen atoms in total. The number of nitrogens with one attached hydrogen (secondary N) is 2. The molecule has 0 spiro atoms. The van der Waals surface area contributed by atoms with Crippen LogP contribution in [0.25, 0.3) is 0 Å². The Bertz CT molecular complexity index is 725. The minimum atomic E-state index is -2.59. The highest BCUT2D eigenvalue weighted by Crippen LogP contribution is 2.22. The van der Waals surface area contributed by atoms with Gasteiger partial charge >= 0.3 is 0 Å². The summed E-state index contributed by atoms with van der Waals surface area (Å²) in [6.07, 6.45) is -1.48. The highest BCUT2D eigenvalue weighted by atomic mass is 35.5. The number of aromatic amines is 1. The second kappa shape index (κ2) is 9.12. The lowest BCUT2D eigenvalue weighted by Gasteiger charge is -2.19. The van der Waals surface area contributed by atoms with Gasteiger partial charge in [-0.2, -0.15) is 5.10 Å². The first-order valence-electron chi connectivity index (χ1n) is 7.45. The van der Waals surface area contributed by atoms with E-state index in [1.165, 1.54) is 13.3 Å². The normalized spacial score (nSPS) is 12.4. The zero-order chi connectivity index (χ0) is 18.4. The van der Waals surface area contributed by atoms with E-state index in [9.17, 15) is 13.6 Å². The van der Waals surface area contributed by atoms with Crippen LogP contribution in [0.5, 0.6) is 0 Å². The predicted octanol–water partition coefficient (Wildman–Crippen LogP) is 3.51. The SMILES string of the molecule is COCC(Cc1ccc(Cl)cc1Cl)NC(=O)c1c[nH]nc1CC(F)F. The maximum atomic E-state index is 12.6. The summed E-state index contributed by atoms with van der Waals surface area (Å²) in [4.78, 5) is 12.4. The molecule has 0 radical (unpaired) electrons. The molecule has 136 valence electrons. The van der Waals surface area contributed by atoms with Crippen molar-refractivity contribution in [3.05, 3.63) is 51.3 Å². The first-order valence-corrected chi connectivity index (χ1v) is 8.20. The summed E-state index contributed by atoms with van der Waals surface area (Å²) in [6, 6.07) is 4.68. The summed E-state index contributed by atoms with van der Waals surface area (Å²) >= 11 is 12.0. The molecule has 0 aliphatic rings. The van der Waals surface area contributed by atoms with Crippen molar-refractivity contribution < 1.29 is 18.3 Å². The molecule has 0 aliphatic heterocycles. The fourth-order valence-electron chi connectivity index (χ4n) is 2.39. The summed E-state index contributed by atoms with van der Waals surface area (Å²) in [5, 5.41) is 9.90. The van der Waals surface area contributed by atoms with Crippen LogP contribution in [0.1, 0.15) is 21.6 Å². The minimum Gasteiger partial charge on any atom is -0.383 e. The third-order valence-electron chi connectivity index (χ3n) is 3.50. The Kier molecular flexibility index (Phi) is 7.16. The van der Waals surface area contributed by atoms with Gasteiger partial charge < -0.3 is 10.1 Å². The number of halogens is 4. The number of benzene rings is 1. The molecule has 2 aromatic rings. The Morgan fingerprint density at radius 1 is 1.36 bits per heavy atom. The molecule has 1 heterocycles. The third kappa shape index (κ3) is 5.66. The monoisotopic (exact) mass is 391 g/mol. The minimum absolute atomic E-state index is 0.0215. The Hall–Kier alpha value is -1.70. The molecule has 0 fully saturated rings. The van der Waals surface area contributed by atoms with E-state index in [-0.39, 0.29) is 17.9 Å². The quantitative estimate of drug-likeness (QED) is 0.723. The summed E-state index contributed by atoms with van der Waals surface area (Å²) < 4.78 is 30.2. The summed E-state index contributed by atoms with van der Waals surface area (Å²) in [7, 11) is 1.50. The molecule has 1 aromatic heterocycles. The van der Waals surface area contributed by atoms with E-state index in [0.29, 0.717) is 16.5 Å². The van der Waals surface area contributed by atoms with Crippen LogP contribution in [0.3, 0.4) is 0 Å². The van der Waals surface area contributed by atoms with E-state index in [2.05, 4.69) is 15.5 Å². The molecular formula is C16H17Cl2F2N3O2. The van der Waals surface area contributed by atoms with E-state index in [4.69, 9.17) is 27.9 Å². The Labute approximate surface area is 153 Å². The predicted molar refractivity (Wildman–Crippen MR) is 91.6 cm³/mol. The maximum Gasteiger partial charge on any atom is 0.255 e. The van der Waals surface area contributed by atoms with Crippen molar-refractivity contribution in [2.45, 2.75) is 25.3 Å². The van der Waals surface area contributed by atoms with Crippen molar-refractivity contribution in [1.29, 1.82) is 0 Å². The molecule has 25 heavy (non-hydrogen) atoms. The van der Waals surface area contributed by atoms with Crippen LogP contribution < -0.4 is 5.32 Å². The Balaban J connectivity index is 2.10. The molecule has 1 unspecified atom stereocenters. The van der Waals surface area contributed by atoms with Gasteiger partial charge in [-0.1, -0.05) is 29.3 Å². The largest absolute Gasteiger partial charge is 0.383 e. The highest BCUT2D eigenvalue weighted by Gasteiger charge is 2.21. The van der Waals surface area contributed by atoms with Crippen LogP contribution >= 0.6 is 23.2 Å². The lowest BCUT2D eigenvalue weighted by Crippen LogP contribution is -2.40. The first-order chi connectivity index (χ1) is 11.9. The molecule has 1 aromatic carbocycles. The molecular weight excluding hydrogens is 375 g/mol. The lowest BCUT2D eigenvalue weighted by atomic mass is 10.1. The number of H-pyrrole nitrogens is 1. The van der Waals surface area contributed by atoms with Crippen molar-refractivity contribution in [2.24, 2.45) is 0 Å². The zero-order valence-corrected chi connectivity index (χ0v) is 14.9. The fourth-order valence-corrected chi connectivity index (χ4v) is 2.87. The number of ether oxygens (including phenoxy) is 1. The van der Waals surface area contributed by atoms with Crippen LogP contribution in [0.15, 0.2) is 24.4 Å². The summed E-state index contributed by atoms with van der Waals surface area (Å²) in [6.45, 7) is 0.229. The Morgan fingerprint density at radius 2 is 2.12 bits per heavy atom. The molecule has 1 atom stereocenters. The molecule has 1 amide bonds. The number of methoxy groups -OCH3 is 1.